The summed E-state index contributed by atoms with van der Waals surface area (Å²) in [4.78, 5) is 37.1. The van der Waals surface area contributed by atoms with E-state index in [-0.39, 0.29) is 25.2 Å². The summed E-state index contributed by atoms with van der Waals surface area (Å²) < 4.78 is 84.8. The monoisotopic (exact) mass is 557 g/mol. The zero-order chi connectivity index (χ0) is 27.9. The van der Waals surface area contributed by atoms with Crippen molar-refractivity contribution in [2.24, 2.45) is 0 Å². The molecule has 0 unspecified atom stereocenters. The fourth-order valence-electron chi connectivity index (χ4n) is 5.01. The molecule has 2 aliphatic heterocycles. The second-order valence-corrected chi connectivity index (χ2v) is 9.99. The highest BCUT2D eigenvalue weighted by Gasteiger charge is 2.44. The number of nitrogens with zero attached hydrogens (tertiary/aromatic N) is 4. The highest BCUT2D eigenvalue weighted by molar-refractivity contribution is 5.90. The number of carbonyl (C=O) groups is 2. The highest BCUT2D eigenvalue weighted by Crippen LogP contribution is 2.39. The van der Waals surface area contributed by atoms with E-state index in [0.29, 0.717) is 37.4 Å². The van der Waals surface area contributed by atoms with Crippen LogP contribution >= 0.6 is 0 Å². The van der Waals surface area contributed by atoms with Crippen molar-refractivity contribution in [3.63, 3.8) is 0 Å². The normalized spacial score (nSPS) is 22.8. The highest BCUT2D eigenvalue weighted by atomic mass is 19.4. The van der Waals surface area contributed by atoms with E-state index in [2.05, 4.69) is 14.9 Å². The lowest BCUT2D eigenvalue weighted by molar-refractivity contribution is -0.175. The van der Waals surface area contributed by atoms with E-state index in [9.17, 15) is 35.9 Å². The molecule has 3 aliphatic rings. The van der Waals surface area contributed by atoms with Gasteiger partial charge in [0.15, 0.2) is 0 Å². The van der Waals surface area contributed by atoms with Crippen LogP contribution in [0.15, 0.2) is 36.7 Å². The number of aromatic nitrogens is 2. The molecule has 0 bridgehead atoms. The Morgan fingerprint density at radius 2 is 1.79 bits per heavy atom. The van der Waals surface area contributed by atoms with Crippen LogP contribution in [0.4, 0.5) is 26.3 Å². The van der Waals surface area contributed by atoms with Crippen LogP contribution in [0.5, 0.6) is 5.88 Å². The van der Waals surface area contributed by atoms with E-state index in [1.54, 1.807) is 17.7 Å². The third-order valence-corrected chi connectivity index (χ3v) is 7.15. The van der Waals surface area contributed by atoms with Gasteiger partial charge in [-0.05, 0) is 30.5 Å². The fourth-order valence-corrected chi connectivity index (χ4v) is 5.01. The van der Waals surface area contributed by atoms with Gasteiger partial charge in [-0.3, -0.25) is 19.5 Å². The Hall–Kier alpha value is -3.42. The number of piperazine rings is 1. The lowest BCUT2D eigenvalue weighted by Gasteiger charge is -2.38. The molecular weight excluding hydrogens is 532 g/mol. The minimum absolute atomic E-state index is 0.113. The average molecular weight is 557 g/mol. The second kappa shape index (κ2) is 10.3. The maximum atomic E-state index is 13.4. The molecule has 0 radical (unpaired) electrons. The van der Waals surface area contributed by atoms with E-state index >= 15 is 0 Å². The molecule has 14 heteroatoms. The smallest absolute Gasteiger partial charge is 0.471 e. The third kappa shape index (κ3) is 6.26. The van der Waals surface area contributed by atoms with Crippen LogP contribution in [0.1, 0.15) is 48.0 Å². The molecule has 3 heterocycles. The fraction of sp³-hybridized carbons (Fsp3) is 0.520. The Kier molecular flexibility index (Phi) is 7.16. The van der Waals surface area contributed by atoms with Crippen molar-refractivity contribution in [1.82, 2.24) is 25.1 Å². The minimum atomic E-state index is -5.32. The molecule has 3 atom stereocenters. The van der Waals surface area contributed by atoms with Gasteiger partial charge in [0.2, 0.25) is 11.8 Å². The molecule has 3 fully saturated rings. The Labute approximate surface area is 219 Å². The Morgan fingerprint density at radius 3 is 2.44 bits per heavy atom. The van der Waals surface area contributed by atoms with E-state index in [4.69, 9.17) is 4.74 Å². The van der Waals surface area contributed by atoms with Gasteiger partial charge < -0.3 is 15.0 Å². The molecule has 1 aromatic carbocycles. The Bertz CT molecular complexity index is 1220. The first-order chi connectivity index (χ1) is 18.4. The van der Waals surface area contributed by atoms with Gasteiger partial charge in [-0.2, -0.15) is 26.3 Å². The first-order valence-corrected chi connectivity index (χ1v) is 12.4. The predicted octanol–water partition coefficient (Wildman–Crippen LogP) is 3.46. The summed E-state index contributed by atoms with van der Waals surface area (Å²) in [7, 11) is 0. The number of ether oxygens (including phenoxy) is 1. The quantitative estimate of drug-likeness (QED) is 0.548. The first kappa shape index (κ1) is 27.2. The lowest BCUT2D eigenvalue weighted by Crippen LogP contribution is -2.55. The number of fused-ring (bicyclic) bond motifs is 1. The maximum Gasteiger partial charge on any atom is 0.471 e. The molecule has 210 valence electrons. The molecule has 1 N–H and O–H groups in total. The van der Waals surface area contributed by atoms with Gasteiger partial charge in [0.05, 0.1) is 23.7 Å². The van der Waals surface area contributed by atoms with Crippen LogP contribution in [0.25, 0.3) is 0 Å². The van der Waals surface area contributed by atoms with Crippen molar-refractivity contribution in [1.29, 1.82) is 0 Å². The first-order valence-electron chi connectivity index (χ1n) is 12.4. The number of nitrogens with one attached hydrogen (secondary N) is 1. The van der Waals surface area contributed by atoms with Crippen molar-refractivity contribution in [3.05, 3.63) is 53.5 Å². The molecule has 2 saturated heterocycles. The second-order valence-electron chi connectivity index (χ2n) is 9.99. The Balaban J connectivity index is 1.28. The number of carbonyl (C=O) groups excluding carboxylic acids is 2. The van der Waals surface area contributed by atoms with E-state index in [0.717, 1.165) is 36.7 Å². The zero-order valence-electron chi connectivity index (χ0n) is 20.5. The lowest BCUT2D eigenvalue weighted by atomic mass is 10.0. The van der Waals surface area contributed by atoms with Crippen LogP contribution in [-0.2, 0) is 15.8 Å². The molecule has 39 heavy (non-hydrogen) atoms. The number of hydrogen-bond donors (Lipinski definition) is 1. The van der Waals surface area contributed by atoms with Crippen LogP contribution in [0.2, 0.25) is 0 Å². The number of halogens is 6. The third-order valence-electron chi connectivity index (χ3n) is 7.15. The molecule has 2 aromatic rings. The molecule has 0 spiro atoms. The summed E-state index contributed by atoms with van der Waals surface area (Å²) in [6, 6.07) is 1.24. The number of benzene rings is 1. The summed E-state index contributed by atoms with van der Waals surface area (Å²) in [5.41, 5.74) is -0.614. The van der Waals surface area contributed by atoms with Gasteiger partial charge in [0.25, 0.3) is 0 Å². The minimum Gasteiger partial charge on any atom is -0.472 e. The van der Waals surface area contributed by atoms with Crippen LogP contribution < -0.4 is 10.1 Å². The Morgan fingerprint density at radius 1 is 1.03 bits per heavy atom. The molecular formula is C25H25F6N5O3. The van der Waals surface area contributed by atoms with Gasteiger partial charge in [-0.15, -0.1) is 0 Å². The summed E-state index contributed by atoms with van der Waals surface area (Å²) in [6.07, 6.45) is -4.41. The van der Waals surface area contributed by atoms with Crippen molar-refractivity contribution >= 4 is 11.8 Å². The standard InChI is InChI=1S/C25H25F6N5O3/c26-24(27,28)16-3-1-2-15(8-16)21(34-23(38)25(29,30)31)22(37)36-7-6-35-13-18(9-17(35)12-36)39-20-11-32-19(10-33-20)14-4-5-14/h1-3,8,10-11,14,17-18,21H,4-7,9,12-13H2,(H,34,38)/t17-,18+,21+/m0/s1. The zero-order valence-corrected chi connectivity index (χ0v) is 20.5. The molecule has 1 aromatic heterocycles. The number of alkyl halides is 6. The van der Waals surface area contributed by atoms with Crippen molar-refractivity contribution in [2.45, 2.75) is 55.7 Å². The topological polar surface area (TPSA) is 87.7 Å². The van der Waals surface area contributed by atoms with Crippen LogP contribution in [0, 0.1) is 0 Å². The predicted molar refractivity (Wildman–Crippen MR) is 123 cm³/mol. The maximum absolute atomic E-state index is 13.4. The van der Waals surface area contributed by atoms with Gasteiger partial charge >= 0.3 is 18.3 Å². The largest absolute Gasteiger partial charge is 0.472 e. The SMILES string of the molecule is O=C([C@H](NC(=O)C(F)(F)F)c1cccc(C(F)(F)F)c1)N1CCN2C[C@H](Oc3cnc(C4CC4)cn3)C[C@H]2C1. The van der Waals surface area contributed by atoms with Crippen molar-refractivity contribution in [3.8, 4) is 5.88 Å². The van der Waals surface area contributed by atoms with Gasteiger partial charge in [-0.1, -0.05) is 12.1 Å². The molecule has 5 rings (SSSR count). The van der Waals surface area contributed by atoms with Crippen molar-refractivity contribution < 1.29 is 40.7 Å². The van der Waals surface area contributed by atoms with Gasteiger partial charge in [0.1, 0.15) is 12.1 Å². The number of hydrogen-bond acceptors (Lipinski definition) is 6. The average Bonchev–Trinajstić information content (AvgIpc) is 3.65. The van der Waals surface area contributed by atoms with Gasteiger partial charge in [-0.25, -0.2) is 4.98 Å². The summed E-state index contributed by atoms with van der Waals surface area (Å²) in [5.74, 6) is -2.51. The molecule has 1 aliphatic carbocycles. The summed E-state index contributed by atoms with van der Waals surface area (Å²) >= 11 is 0. The van der Waals surface area contributed by atoms with Crippen molar-refractivity contribution in [2.75, 3.05) is 26.2 Å². The number of amides is 2. The van der Waals surface area contributed by atoms with E-state index in [1.807, 2.05) is 0 Å². The summed E-state index contributed by atoms with van der Waals surface area (Å²) in [6.45, 7) is 1.16. The van der Waals surface area contributed by atoms with Gasteiger partial charge in [0, 0.05) is 44.6 Å². The van der Waals surface area contributed by atoms with Crippen LogP contribution in [-0.4, -0.2) is 76.1 Å². The molecule has 2 amide bonds. The van der Waals surface area contributed by atoms with E-state index < -0.39 is 41.3 Å². The van der Waals surface area contributed by atoms with E-state index in [1.165, 1.54) is 4.90 Å². The van der Waals surface area contributed by atoms with Crippen LogP contribution in [0.3, 0.4) is 0 Å². The summed E-state index contributed by atoms with van der Waals surface area (Å²) in [5, 5.41) is 1.59. The number of rotatable bonds is 6. The molecule has 1 saturated carbocycles. The molecule has 8 nitrogen and oxygen atoms in total.